The molecule has 0 saturated heterocycles. The number of hydrogen-bond acceptors (Lipinski definition) is 2. The zero-order chi connectivity index (χ0) is 12.9. The van der Waals surface area contributed by atoms with Gasteiger partial charge in [-0.1, -0.05) is 39.7 Å². The van der Waals surface area contributed by atoms with Crippen LogP contribution in [0.5, 0.6) is 0 Å². The summed E-state index contributed by atoms with van der Waals surface area (Å²) in [6.45, 7) is 6.17. The van der Waals surface area contributed by atoms with Crippen molar-refractivity contribution in [2.75, 3.05) is 7.11 Å². The van der Waals surface area contributed by atoms with Gasteiger partial charge in [-0.2, -0.15) is 0 Å². The van der Waals surface area contributed by atoms with E-state index < -0.39 is 0 Å². The molecule has 1 rings (SSSR count). The first kappa shape index (κ1) is 14.4. The molecule has 0 heterocycles. The lowest BCUT2D eigenvalue weighted by atomic mass is 9.82. The molecular weight excluding hydrogens is 212 g/mol. The van der Waals surface area contributed by atoms with E-state index in [1.165, 1.54) is 19.3 Å². The number of carbonyl (C=O) groups is 1. The molecule has 0 radical (unpaired) electrons. The first-order valence-corrected chi connectivity index (χ1v) is 6.73. The van der Waals surface area contributed by atoms with Crippen LogP contribution >= 0.6 is 0 Å². The van der Waals surface area contributed by atoms with Gasteiger partial charge < -0.3 is 4.74 Å². The van der Waals surface area contributed by atoms with Crippen LogP contribution in [0.1, 0.15) is 59.3 Å². The summed E-state index contributed by atoms with van der Waals surface area (Å²) in [5.74, 6) is 0.196. The molecule has 0 fully saturated rings. The second kappa shape index (κ2) is 6.34. The Morgan fingerprint density at radius 2 is 1.88 bits per heavy atom. The molecule has 0 aliphatic heterocycles. The monoisotopic (exact) mass is 238 g/mol. The van der Waals surface area contributed by atoms with Crippen LogP contribution in [0.15, 0.2) is 11.6 Å². The summed E-state index contributed by atoms with van der Waals surface area (Å²) >= 11 is 0. The number of ketones is 1. The molecule has 98 valence electrons. The SMILES string of the molecule is COC(C(=O)C1=CCCCCCC1)C(C)(C)C. The van der Waals surface area contributed by atoms with Gasteiger partial charge >= 0.3 is 0 Å². The lowest BCUT2D eigenvalue weighted by molar-refractivity contribution is -0.131. The van der Waals surface area contributed by atoms with Crippen LogP contribution in [-0.4, -0.2) is 19.0 Å². The number of carbonyl (C=O) groups excluding carboxylic acids is 1. The molecule has 0 bridgehead atoms. The predicted molar refractivity (Wildman–Crippen MR) is 71.0 cm³/mol. The molecular formula is C15H26O2. The second-order valence-electron chi connectivity index (χ2n) is 6.03. The van der Waals surface area contributed by atoms with Crippen molar-refractivity contribution in [1.29, 1.82) is 0 Å². The van der Waals surface area contributed by atoms with Gasteiger partial charge in [0.05, 0.1) is 0 Å². The molecule has 2 nitrogen and oxygen atoms in total. The van der Waals surface area contributed by atoms with Crippen LogP contribution in [0.25, 0.3) is 0 Å². The second-order valence-corrected chi connectivity index (χ2v) is 6.03. The van der Waals surface area contributed by atoms with E-state index in [-0.39, 0.29) is 17.3 Å². The van der Waals surface area contributed by atoms with E-state index in [0.29, 0.717) is 0 Å². The molecule has 0 spiro atoms. The van der Waals surface area contributed by atoms with Crippen molar-refractivity contribution < 1.29 is 9.53 Å². The summed E-state index contributed by atoms with van der Waals surface area (Å²) in [4.78, 5) is 12.4. The van der Waals surface area contributed by atoms with E-state index in [2.05, 4.69) is 26.8 Å². The average molecular weight is 238 g/mol. The van der Waals surface area contributed by atoms with Crippen molar-refractivity contribution in [2.24, 2.45) is 5.41 Å². The molecule has 0 aromatic rings. The summed E-state index contributed by atoms with van der Waals surface area (Å²) in [5, 5.41) is 0. The van der Waals surface area contributed by atoms with E-state index >= 15 is 0 Å². The van der Waals surface area contributed by atoms with Gasteiger partial charge in [0, 0.05) is 7.11 Å². The van der Waals surface area contributed by atoms with E-state index in [4.69, 9.17) is 4.74 Å². The summed E-state index contributed by atoms with van der Waals surface area (Å²) in [5.41, 5.74) is 0.862. The molecule has 17 heavy (non-hydrogen) atoms. The molecule has 1 aliphatic carbocycles. The van der Waals surface area contributed by atoms with Crippen molar-refractivity contribution >= 4 is 5.78 Å². The zero-order valence-corrected chi connectivity index (χ0v) is 11.7. The standard InChI is InChI=1S/C15H26O2/c1-15(2,3)14(17-4)13(16)12-10-8-6-5-7-9-11-12/h10,14H,5-9,11H2,1-4H3. The Labute approximate surface area is 105 Å². The number of allylic oxidation sites excluding steroid dienone is 1. The Bertz CT molecular complexity index is 284. The normalized spacial score (nSPS) is 20.1. The Hall–Kier alpha value is -0.630. The summed E-state index contributed by atoms with van der Waals surface area (Å²) < 4.78 is 5.41. The first-order chi connectivity index (χ1) is 7.96. The maximum absolute atomic E-state index is 12.4. The minimum Gasteiger partial charge on any atom is -0.373 e. The molecule has 0 amide bonds. The highest BCUT2D eigenvalue weighted by atomic mass is 16.5. The van der Waals surface area contributed by atoms with Crippen LogP contribution in [0.4, 0.5) is 0 Å². The highest BCUT2D eigenvalue weighted by Gasteiger charge is 2.32. The van der Waals surface area contributed by atoms with Gasteiger partial charge in [0.1, 0.15) is 6.10 Å². The molecule has 0 aromatic carbocycles. The van der Waals surface area contributed by atoms with Gasteiger partial charge in [-0.05, 0) is 36.7 Å². The van der Waals surface area contributed by atoms with Crippen molar-refractivity contribution in [1.82, 2.24) is 0 Å². The van der Waals surface area contributed by atoms with E-state index in [0.717, 1.165) is 24.8 Å². The Morgan fingerprint density at radius 3 is 2.47 bits per heavy atom. The molecule has 1 aliphatic rings. The third-order valence-electron chi connectivity index (χ3n) is 3.37. The minimum absolute atomic E-state index is 0.130. The average Bonchev–Trinajstić information content (AvgIpc) is 2.15. The van der Waals surface area contributed by atoms with Crippen molar-refractivity contribution in [2.45, 2.75) is 65.4 Å². The van der Waals surface area contributed by atoms with Crippen LogP contribution in [0, 0.1) is 5.41 Å². The molecule has 1 unspecified atom stereocenters. The van der Waals surface area contributed by atoms with Gasteiger partial charge in [0.2, 0.25) is 0 Å². The largest absolute Gasteiger partial charge is 0.373 e. The fourth-order valence-corrected chi connectivity index (χ4v) is 2.44. The van der Waals surface area contributed by atoms with Gasteiger partial charge in [-0.25, -0.2) is 0 Å². The number of ether oxygens (including phenoxy) is 1. The van der Waals surface area contributed by atoms with E-state index in [1.54, 1.807) is 7.11 Å². The lowest BCUT2D eigenvalue weighted by Gasteiger charge is -2.29. The molecule has 1 atom stereocenters. The summed E-state index contributed by atoms with van der Waals surface area (Å²) in [7, 11) is 1.64. The zero-order valence-electron chi connectivity index (χ0n) is 11.7. The van der Waals surface area contributed by atoms with Gasteiger partial charge in [-0.3, -0.25) is 4.79 Å². The molecule has 0 N–H and O–H groups in total. The van der Waals surface area contributed by atoms with Gasteiger partial charge in [0.25, 0.3) is 0 Å². The van der Waals surface area contributed by atoms with Gasteiger partial charge in [-0.15, -0.1) is 0 Å². The third kappa shape index (κ3) is 4.27. The number of methoxy groups -OCH3 is 1. The molecule has 0 aromatic heterocycles. The maximum Gasteiger partial charge on any atom is 0.187 e. The van der Waals surface area contributed by atoms with Crippen LogP contribution in [0.3, 0.4) is 0 Å². The van der Waals surface area contributed by atoms with Crippen LogP contribution in [0.2, 0.25) is 0 Å². The van der Waals surface area contributed by atoms with Crippen LogP contribution < -0.4 is 0 Å². The van der Waals surface area contributed by atoms with Crippen molar-refractivity contribution in [3.05, 3.63) is 11.6 Å². The van der Waals surface area contributed by atoms with Gasteiger partial charge in [0.15, 0.2) is 5.78 Å². The number of hydrogen-bond donors (Lipinski definition) is 0. The fourth-order valence-electron chi connectivity index (χ4n) is 2.44. The van der Waals surface area contributed by atoms with E-state index in [1.807, 2.05) is 0 Å². The minimum atomic E-state index is -0.312. The fraction of sp³-hybridized carbons (Fsp3) is 0.800. The Kier molecular flexibility index (Phi) is 5.38. The lowest BCUT2D eigenvalue weighted by Crippen LogP contribution is -2.37. The van der Waals surface area contributed by atoms with Crippen molar-refractivity contribution in [3.63, 3.8) is 0 Å². The Morgan fingerprint density at radius 1 is 1.24 bits per heavy atom. The third-order valence-corrected chi connectivity index (χ3v) is 3.37. The predicted octanol–water partition coefficient (Wildman–Crippen LogP) is 3.90. The highest BCUT2D eigenvalue weighted by Crippen LogP contribution is 2.27. The summed E-state index contributed by atoms with van der Waals surface area (Å²) in [6, 6.07) is 0. The molecule has 2 heteroatoms. The maximum atomic E-state index is 12.4. The van der Waals surface area contributed by atoms with Crippen molar-refractivity contribution in [3.8, 4) is 0 Å². The smallest absolute Gasteiger partial charge is 0.187 e. The quantitative estimate of drug-likeness (QED) is 0.745. The Balaban J connectivity index is 2.78. The molecule has 0 saturated carbocycles. The van der Waals surface area contributed by atoms with Crippen LogP contribution in [-0.2, 0) is 9.53 Å². The number of rotatable bonds is 3. The number of Topliss-reactive ketones (excluding diaryl/α,β-unsaturated/α-hetero) is 1. The van der Waals surface area contributed by atoms with E-state index in [9.17, 15) is 4.79 Å². The first-order valence-electron chi connectivity index (χ1n) is 6.73. The topological polar surface area (TPSA) is 26.3 Å². The summed E-state index contributed by atoms with van der Waals surface area (Å²) in [6.07, 6.45) is 8.69. The highest BCUT2D eigenvalue weighted by molar-refractivity contribution is 5.99.